The van der Waals surface area contributed by atoms with E-state index in [2.05, 4.69) is 15.5 Å². The van der Waals surface area contributed by atoms with Crippen LogP contribution in [-0.2, 0) is 20.1 Å². The summed E-state index contributed by atoms with van der Waals surface area (Å²) in [4.78, 5) is 0. The van der Waals surface area contributed by atoms with E-state index in [1.165, 1.54) is 0 Å². The molecule has 1 N–H and O–H groups in total. The van der Waals surface area contributed by atoms with Gasteiger partial charge in [-0.15, -0.1) is 12.4 Å². The molecule has 5 nitrogen and oxygen atoms in total. The molecule has 0 saturated heterocycles. The van der Waals surface area contributed by atoms with Crippen LogP contribution in [0.2, 0.25) is 0 Å². The minimum absolute atomic E-state index is 0. The van der Waals surface area contributed by atoms with Gasteiger partial charge in [-0.1, -0.05) is 0 Å². The van der Waals surface area contributed by atoms with E-state index in [1.807, 2.05) is 38.0 Å². The Hall–Kier alpha value is -1.56. The highest BCUT2D eigenvalue weighted by molar-refractivity contribution is 5.85. The largest absolute Gasteiger partial charge is 0.377 e. The molecule has 19 heavy (non-hydrogen) atoms. The quantitative estimate of drug-likeness (QED) is 0.917. The maximum absolute atomic E-state index is 12.2. The van der Waals surface area contributed by atoms with E-state index in [-0.39, 0.29) is 12.4 Å². The van der Waals surface area contributed by atoms with Gasteiger partial charge in [0.1, 0.15) is 6.67 Å². The van der Waals surface area contributed by atoms with Crippen LogP contribution in [0.15, 0.2) is 12.4 Å². The Labute approximate surface area is 118 Å². The standard InChI is InChI=1S/C12H18FN5.ClH/c1-9-6-15-17(3)12(9)7-14-11-8-18(5-4-13)16-10(11)2;/h6,8,14H,4-5,7H2,1-3H3;1H. The predicted octanol–water partition coefficient (Wildman–Crippen LogP) is 2.24. The molecule has 0 unspecified atom stereocenters. The van der Waals surface area contributed by atoms with Gasteiger partial charge in [0, 0.05) is 13.2 Å². The van der Waals surface area contributed by atoms with Crippen LogP contribution in [0.5, 0.6) is 0 Å². The van der Waals surface area contributed by atoms with Crippen molar-refractivity contribution in [3.05, 3.63) is 29.3 Å². The van der Waals surface area contributed by atoms with Gasteiger partial charge in [-0.3, -0.25) is 9.36 Å². The van der Waals surface area contributed by atoms with Crippen LogP contribution in [0, 0.1) is 13.8 Å². The van der Waals surface area contributed by atoms with Crippen LogP contribution in [0.25, 0.3) is 0 Å². The van der Waals surface area contributed by atoms with E-state index in [9.17, 15) is 4.39 Å². The van der Waals surface area contributed by atoms with E-state index in [0.29, 0.717) is 13.1 Å². The van der Waals surface area contributed by atoms with Crippen molar-refractivity contribution in [1.29, 1.82) is 0 Å². The number of halogens is 2. The minimum Gasteiger partial charge on any atom is -0.377 e. The minimum atomic E-state index is -0.401. The third-order valence-electron chi connectivity index (χ3n) is 2.98. The molecule has 2 aromatic rings. The summed E-state index contributed by atoms with van der Waals surface area (Å²) in [6.45, 7) is 4.52. The molecule has 0 atom stereocenters. The Kier molecular flexibility index (Phi) is 5.35. The lowest BCUT2D eigenvalue weighted by Gasteiger charge is -2.06. The average molecular weight is 288 g/mol. The summed E-state index contributed by atoms with van der Waals surface area (Å²) < 4.78 is 15.7. The van der Waals surface area contributed by atoms with Gasteiger partial charge in [-0.25, -0.2) is 4.39 Å². The molecule has 0 fully saturated rings. The Morgan fingerprint density at radius 2 is 2.11 bits per heavy atom. The molecule has 0 amide bonds. The lowest BCUT2D eigenvalue weighted by atomic mass is 10.2. The van der Waals surface area contributed by atoms with Gasteiger partial charge in [-0.2, -0.15) is 10.2 Å². The molecule has 106 valence electrons. The normalized spacial score (nSPS) is 10.3. The summed E-state index contributed by atoms with van der Waals surface area (Å²) in [5.74, 6) is 0. The molecule has 2 aromatic heterocycles. The third-order valence-corrected chi connectivity index (χ3v) is 2.98. The maximum atomic E-state index is 12.2. The first-order valence-corrected chi connectivity index (χ1v) is 5.93. The highest BCUT2D eigenvalue weighted by Gasteiger charge is 2.07. The van der Waals surface area contributed by atoms with E-state index in [1.54, 1.807) is 4.68 Å². The Balaban J connectivity index is 0.00000180. The Bertz CT molecular complexity index is 515. The number of alkyl halides is 1. The molecule has 0 spiro atoms. The average Bonchev–Trinajstić information content (AvgIpc) is 2.82. The topological polar surface area (TPSA) is 47.7 Å². The summed E-state index contributed by atoms with van der Waals surface area (Å²) in [5, 5.41) is 11.7. The van der Waals surface area contributed by atoms with E-state index < -0.39 is 6.67 Å². The van der Waals surface area contributed by atoms with Crippen molar-refractivity contribution < 1.29 is 4.39 Å². The van der Waals surface area contributed by atoms with Crippen LogP contribution >= 0.6 is 12.4 Å². The van der Waals surface area contributed by atoms with Crippen LogP contribution in [0.3, 0.4) is 0 Å². The zero-order chi connectivity index (χ0) is 13.1. The molecule has 0 bridgehead atoms. The van der Waals surface area contributed by atoms with Crippen molar-refractivity contribution in [3.63, 3.8) is 0 Å². The number of hydrogen-bond acceptors (Lipinski definition) is 3. The second-order valence-electron chi connectivity index (χ2n) is 4.33. The number of rotatable bonds is 5. The van der Waals surface area contributed by atoms with E-state index >= 15 is 0 Å². The molecule has 0 aliphatic carbocycles. The molecule has 7 heteroatoms. The Morgan fingerprint density at radius 3 is 2.68 bits per heavy atom. The smallest absolute Gasteiger partial charge is 0.109 e. The van der Waals surface area contributed by atoms with Gasteiger partial charge < -0.3 is 5.32 Å². The van der Waals surface area contributed by atoms with Gasteiger partial charge >= 0.3 is 0 Å². The first kappa shape index (κ1) is 15.5. The second kappa shape index (κ2) is 6.56. The zero-order valence-electron chi connectivity index (χ0n) is 11.4. The van der Waals surface area contributed by atoms with Crippen molar-refractivity contribution in [3.8, 4) is 0 Å². The number of aryl methyl sites for hydroxylation is 4. The van der Waals surface area contributed by atoms with Crippen LogP contribution in [-0.4, -0.2) is 26.2 Å². The molecule has 0 saturated carbocycles. The predicted molar refractivity (Wildman–Crippen MR) is 75.5 cm³/mol. The summed E-state index contributed by atoms with van der Waals surface area (Å²) in [6.07, 6.45) is 3.68. The maximum Gasteiger partial charge on any atom is 0.109 e. The van der Waals surface area contributed by atoms with Crippen molar-refractivity contribution in [2.75, 3.05) is 12.0 Å². The van der Waals surface area contributed by atoms with Crippen LogP contribution in [0.1, 0.15) is 17.0 Å². The number of hydrogen-bond donors (Lipinski definition) is 1. The van der Waals surface area contributed by atoms with Gasteiger partial charge in [0.25, 0.3) is 0 Å². The van der Waals surface area contributed by atoms with Gasteiger partial charge in [0.05, 0.1) is 36.4 Å². The fraction of sp³-hybridized carbons (Fsp3) is 0.500. The second-order valence-corrected chi connectivity index (χ2v) is 4.33. The summed E-state index contributed by atoms with van der Waals surface area (Å²) >= 11 is 0. The highest BCUT2D eigenvalue weighted by Crippen LogP contribution is 2.15. The summed E-state index contributed by atoms with van der Waals surface area (Å²) in [6, 6.07) is 0. The van der Waals surface area contributed by atoms with Crippen LogP contribution < -0.4 is 5.32 Å². The monoisotopic (exact) mass is 287 g/mol. The van der Waals surface area contributed by atoms with Crippen molar-refractivity contribution >= 4 is 18.1 Å². The lowest BCUT2D eigenvalue weighted by Crippen LogP contribution is -2.07. The first-order valence-electron chi connectivity index (χ1n) is 5.93. The van der Waals surface area contributed by atoms with Gasteiger partial charge in [-0.05, 0) is 19.4 Å². The molecular weight excluding hydrogens is 269 g/mol. The zero-order valence-corrected chi connectivity index (χ0v) is 12.2. The molecule has 0 aliphatic heterocycles. The van der Waals surface area contributed by atoms with Crippen molar-refractivity contribution in [2.45, 2.75) is 26.9 Å². The van der Waals surface area contributed by atoms with Crippen molar-refractivity contribution in [2.24, 2.45) is 7.05 Å². The number of aromatic nitrogens is 4. The highest BCUT2D eigenvalue weighted by atomic mass is 35.5. The van der Waals surface area contributed by atoms with Crippen LogP contribution in [0.4, 0.5) is 10.1 Å². The third kappa shape index (κ3) is 3.47. The Morgan fingerprint density at radius 1 is 1.37 bits per heavy atom. The fourth-order valence-electron chi connectivity index (χ4n) is 1.90. The van der Waals surface area contributed by atoms with Crippen molar-refractivity contribution in [1.82, 2.24) is 19.6 Å². The van der Waals surface area contributed by atoms with Gasteiger partial charge in [0.15, 0.2) is 0 Å². The molecule has 0 radical (unpaired) electrons. The molecule has 0 aromatic carbocycles. The SMILES string of the molecule is Cc1cnn(C)c1CNc1cn(CCF)nc1C.Cl. The number of nitrogens with one attached hydrogen (secondary N) is 1. The summed E-state index contributed by atoms with van der Waals surface area (Å²) in [5.41, 5.74) is 4.10. The molecule has 2 rings (SSSR count). The fourth-order valence-corrected chi connectivity index (χ4v) is 1.90. The first-order chi connectivity index (χ1) is 8.61. The summed E-state index contributed by atoms with van der Waals surface area (Å²) in [7, 11) is 1.92. The molecule has 0 aliphatic rings. The number of anilines is 1. The lowest BCUT2D eigenvalue weighted by molar-refractivity contribution is 0.426. The van der Waals surface area contributed by atoms with E-state index in [4.69, 9.17) is 0 Å². The van der Waals surface area contributed by atoms with E-state index in [0.717, 1.165) is 22.6 Å². The molecule has 2 heterocycles. The van der Waals surface area contributed by atoms with Gasteiger partial charge in [0.2, 0.25) is 0 Å². The number of nitrogens with zero attached hydrogens (tertiary/aromatic N) is 4. The molecular formula is C12H19ClFN5.